The fraction of sp³-hybridized carbons (Fsp3) is 0.385. The van der Waals surface area contributed by atoms with Crippen LogP contribution in [0.25, 0.3) is 0 Å². The predicted molar refractivity (Wildman–Crippen MR) is 68.7 cm³/mol. The highest BCUT2D eigenvalue weighted by Gasteiger charge is 2.43. The summed E-state index contributed by atoms with van der Waals surface area (Å²) in [5.74, 6) is 1.10. The molecule has 0 unspecified atom stereocenters. The van der Waals surface area contributed by atoms with E-state index in [1.165, 1.54) is 19.2 Å². The number of carboxylic acids is 1. The Balaban J connectivity index is 2.65. The van der Waals surface area contributed by atoms with Crippen LogP contribution in [0, 0.1) is 12.3 Å². The lowest BCUT2D eigenvalue weighted by Gasteiger charge is -2.11. The molecule has 0 radical (unpaired) electrons. The van der Waals surface area contributed by atoms with E-state index in [-0.39, 0.29) is 10.6 Å². The summed E-state index contributed by atoms with van der Waals surface area (Å²) < 4.78 is 23.9. The minimum atomic E-state index is -3.65. The Morgan fingerprint density at radius 1 is 1.58 bits per heavy atom. The van der Waals surface area contributed by atoms with Gasteiger partial charge in [0.15, 0.2) is 15.5 Å². The Morgan fingerprint density at radius 3 is 2.63 bits per heavy atom. The van der Waals surface area contributed by atoms with Crippen molar-refractivity contribution < 1.29 is 18.3 Å². The third-order valence-corrected chi connectivity index (χ3v) is 5.09. The number of sulfone groups is 1. The van der Waals surface area contributed by atoms with Gasteiger partial charge >= 0.3 is 5.97 Å². The number of aromatic nitrogens is 1. The molecule has 1 N–H and O–H groups in total. The van der Waals surface area contributed by atoms with Gasteiger partial charge in [0.05, 0.1) is 11.2 Å². The lowest BCUT2D eigenvalue weighted by Crippen LogP contribution is -2.15. The molecule has 0 bridgehead atoms. The van der Waals surface area contributed by atoms with Gasteiger partial charge in [0, 0.05) is 6.20 Å². The number of hydrogen-bond acceptors (Lipinski definition) is 4. The van der Waals surface area contributed by atoms with Crippen LogP contribution in [-0.4, -0.2) is 30.2 Å². The third kappa shape index (κ3) is 2.22. The molecule has 0 atom stereocenters. The molecule has 1 heterocycles. The van der Waals surface area contributed by atoms with Gasteiger partial charge in [-0.3, -0.25) is 0 Å². The van der Waals surface area contributed by atoms with E-state index in [2.05, 4.69) is 10.9 Å². The Labute approximate surface area is 111 Å². The summed E-state index contributed by atoms with van der Waals surface area (Å²) in [6, 6.07) is 1.36. The van der Waals surface area contributed by atoms with Gasteiger partial charge in [-0.2, -0.15) is 0 Å². The minimum absolute atomic E-state index is 0.179. The van der Waals surface area contributed by atoms with E-state index in [9.17, 15) is 13.2 Å². The topological polar surface area (TPSA) is 84.3 Å². The molecule has 0 saturated heterocycles. The SMILES string of the molecule is C#CC1(c2cnc(C(=O)O)c(S(=O)(=O)CC)c2)CC1. The Hall–Kier alpha value is -1.87. The van der Waals surface area contributed by atoms with E-state index in [4.69, 9.17) is 11.5 Å². The Morgan fingerprint density at radius 2 is 2.21 bits per heavy atom. The van der Waals surface area contributed by atoms with E-state index < -0.39 is 26.9 Å². The summed E-state index contributed by atoms with van der Waals surface area (Å²) >= 11 is 0. The Bertz CT molecular complexity index is 681. The number of nitrogens with zero attached hydrogens (tertiary/aromatic N) is 1. The monoisotopic (exact) mass is 279 g/mol. The summed E-state index contributed by atoms with van der Waals surface area (Å²) in [4.78, 5) is 14.6. The lowest BCUT2D eigenvalue weighted by molar-refractivity contribution is 0.0685. The lowest BCUT2D eigenvalue weighted by atomic mass is 9.99. The maximum Gasteiger partial charge on any atom is 0.355 e. The van der Waals surface area contributed by atoms with Gasteiger partial charge in [0.1, 0.15) is 4.90 Å². The molecule has 6 heteroatoms. The molecule has 1 aromatic heterocycles. The first kappa shape index (κ1) is 13.6. The van der Waals surface area contributed by atoms with E-state index in [0.717, 1.165) is 12.8 Å². The number of carboxylic acid groups (broad SMARTS) is 1. The fourth-order valence-corrected chi connectivity index (χ4v) is 2.95. The van der Waals surface area contributed by atoms with Gasteiger partial charge in [-0.25, -0.2) is 18.2 Å². The second kappa shape index (κ2) is 4.35. The van der Waals surface area contributed by atoms with Crippen LogP contribution in [0.15, 0.2) is 17.2 Å². The molecule has 1 aliphatic rings. The van der Waals surface area contributed by atoms with Crippen LogP contribution in [0.4, 0.5) is 0 Å². The summed E-state index contributed by atoms with van der Waals surface area (Å²) in [5.41, 5.74) is -0.312. The van der Waals surface area contributed by atoms with E-state index in [1.54, 1.807) is 0 Å². The van der Waals surface area contributed by atoms with Crippen molar-refractivity contribution in [1.82, 2.24) is 4.98 Å². The third-order valence-electron chi connectivity index (χ3n) is 3.35. The highest BCUT2D eigenvalue weighted by Crippen LogP contribution is 2.47. The first-order valence-corrected chi connectivity index (χ1v) is 7.46. The highest BCUT2D eigenvalue weighted by molar-refractivity contribution is 7.91. The van der Waals surface area contributed by atoms with Crippen molar-refractivity contribution in [2.45, 2.75) is 30.1 Å². The van der Waals surface area contributed by atoms with Gasteiger partial charge in [-0.1, -0.05) is 12.8 Å². The summed E-state index contributed by atoms with van der Waals surface area (Å²) in [5, 5.41) is 9.02. The van der Waals surface area contributed by atoms with E-state index in [1.807, 2.05) is 0 Å². The van der Waals surface area contributed by atoms with Crippen LogP contribution in [0.5, 0.6) is 0 Å². The second-order valence-corrected chi connectivity index (χ2v) is 6.75. The normalized spacial score (nSPS) is 16.6. The zero-order valence-electron chi connectivity index (χ0n) is 10.4. The summed E-state index contributed by atoms with van der Waals surface area (Å²) in [6.07, 6.45) is 8.35. The van der Waals surface area contributed by atoms with Crippen LogP contribution in [-0.2, 0) is 15.3 Å². The van der Waals surface area contributed by atoms with Crippen molar-refractivity contribution in [2.24, 2.45) is 0 Å². The largest absolute Gasteiger partial charge is 0.476 e. The number of hydrogen-bond donors (Lipinski definition) is 1. The maximum atomic E-state index is 12.0. The number of carbonyl (C=O) groups is 1. The van der Waals surface area contributed by atoms with Crippen LogP contribution in [0.2, 0.25) is 0 Å². The molecule has 1 aromatic rings. The standard InChI is InChI=1S/C13H13NO4S/c1-3-13(5-6-13)9-7-10(19(17,18)4-2)11(12(15)16)14-8-9/h1,7-8H,4-6H2,2H3,(H,15,16). The number of terminal acetylenes is 1. The molecule has 2 rings (SSSR count). The van der Waals surface area contributed by atoms with Gasteiger partial charge in [-0.15, -0.1) is 6.42 Å². The summed E-state index contributed by atoms with van der Waals surface area (Å²) in [6.45, 7) is 1.46. The van der Waals surface area contributed by atoms with E-state index in [0.29, 0.717) is 5.56 Å². The van der Waals surface area contributed by atoms with E-state index >= 15 is 0 Å². The van der Waals surface area contributed by atoms with Crippen molar-refractivity contribution in [3.63, 3.8) is 0 Å². The van der Waals surface area contributed by atoms with Crippen LogP contribution >= 0.6 is 0 Å². The zero-order chi connectivity index (χ0) is 14.3. The molecule has 0 aliphatic heterocycles. The first-order valence-electron chi connectivity index (χ1n) is 5.80. The average molecular weight is 279 g/mol. The second-order valence-electron chi connectivity index (χ2n) is 4.51. The molecule has 0 amide bonds. The summed E-state index contributed by atoms with van der Waals surface area (Å²) in [7, 11) is -3.65. The molecule has 1 aliphatic carbocycles. The quantitative estimate of drug-likeness (QED) is 0.838. The van der Waals surface area contributed by atoms with Crippen molar-refractivity contribution >= 4 is 15.8 Å². The number of rotatable bonds is 4. The van der Waals surface area contributed by atoms with Gasteiger partial charge in [0.2, 0.25) is 0 Å². The zero-order valence-corrected chi connectivity index (χ0v) is 11.2. The maximum absolute atomic E-state index is 12.0. The number of aromatic carboxylic acids is 1. The molecular weight excluding hydrogens is 266 g/mol. The van der Waals surface area contributed by atoms with Crippen molar-refractivity contribution in [3.8, 4) is 12.3 Å². The van der Waals surface area contributed by atoms with Crippen molar-refractivity contribution in [2.75, 3.05) is 5.75 Å². The van der Waals surface area contributed by atoms with Crippen molar-refractivity contribution in [1.29, 1.82) is 0 Å². The molecule has 5 nitrogen and oxygen atoms in total. The molecule has 1 saturated carbocycles. The van der Waals surface area contributed by atoms with Crippen molar-refractivity contribution in [3.05, 3.63) is 23.5 Å². The first-order chi connectivity index (χ1) is 8.86. The van der Waals surface area contributed by atoms with Gasteiger partial charge in [-0.05, 0) is 24.5 Å². The molecule has 1 fully saturated rings. The molecule has 19 heavy (non-hydrogen) atoms. The van der Waals surface area contributed by atoms with Gasteiger partial charge in [0.25, 0.3) is 0 Å². The van der Waals surface area contributed by atoms with Crippen LogP contribution in [0.3, 0.4) is 0 Å². The average Bonchev–Trinajstić information content (AvgIpc) is 3.19. The predicted octanol–water partition coefficient (Wildman–Crippen LogP) is 1.24. The number of pyridine rings is 1. The highest BCUT2D eigenvalue weighted by atomic mass is 32.2. The van der Waals surface area contributed by atoms with Crippen LogP contribution in [0.1, 0.15) is 35.8 Å². The van der Waals surface area contributed by atoms with Crippen LogP contribution < -0.4 is 0 Å². The minimum Gasteiger partial charge on any atom is -0.476 e. The molecular formula is C13H13NO4S. The smallest absolute Gasteiger partial charge is 0.355 e. The fourth-order valence-electron chi connectivity index (χ4n) is 1.90. The molecule has 100 valence electrons. The molecule has 0 spiro atoms. The van der Waals surface area contributed by atoms with Gasteiger partial charge < -0.3 is 5.11 Å². The Kier molecular flexibility index (Phi) is 3.11. The molecule has 0 aromatic carbocycles.